The minimum atomic E-state index is -0.236. The van der Waals surface area contributed by atoms with E-state index < -0.39 is 0 Å². The van der Waals surface area contributed by atoms with E-state index in [-0.39, 0.29) is 18.5 Å². The summed E-state index contributed by atoms with van der Waals surface area (Å²) in [5, 5.41) is 10.3. The van der Waals surface area contributed by atoms with E-state index in [0.717, 1.165) is 23.2 Å². The van der Waals surface area contributed by atoms with Crippen LogP contribution >= 0.6 is 0 Å². The molecule has 106 valence electrons. The van der Waals surface area contributed by atoms with Crippen molar-refractivity contribution in [1.29, 1.82) is 0 Å². The Balaban J connectivity index is 2.18. The average Bonchev–Trinajstić information content (AvgIpc) is 2.80. The predicted octanol–water partition coefficient (Wildman–Crippen LogP) is 2.63. The first kappa shape index (κ1) is 13.3. The summed E-state index contributed by atoms with van der Waals surface area (Å²) in [6.07, 6.45) is 3.58. The van der Waals surface area contributed by atoms with Crippen LogP contribution in [0.2, 0.25) is 0 Å². The average molecular weight is 274 g/mol. The predicted molar refractivity (Wildman–Crippen MR) is 78.9 cm³/mol. The van der Waals surface area contributed by atoms with Crippen molar-refractivity contribution in [2.24, 2.45) is 5.92 Å². The smallest absolute Gasteiger partial charge is 0.148 e. The lowest BCUT2D eigenvalue weighted by Gasteiger charge is -2.35. The fraction of sp³-hybridized carbons (Fsp3) is 0.375. The first-order valence-electron chi connectivity index (χ1n) is 6.90. The van der Waals surface area contributed by atoms with Crippen molar-refractivity contribution in [2.75, 3.05) is 20.2 Å². The number of hydrogen-bond acceptors (Lipinski definition) is 2. The van der Waals surface area contributed by atoms with Gasteiger partial charge in [0.1, 0.15) is 5.82 Å². The first-order valence-corrected chi connectivity index (χ1v) is 6.90. The number of aliphatic hydroxyl groups is 1. The van der Waals surface area contributed by atoms with Gasteiger partial charge in [0, 0.05) is 23.7 Å². The van der Waals surface area contributed by atoms with Gasteiger partial charge in [0.15, 0.2) is 0 Å². The summed E-state index contributed by atoms with van der Waals surface area (Å²) in [6.45, 7) is 3.14. The van der Waals surface area contributed by atoms with Crippen LogP contribution in [-0.2, 0) is 0 Å². The summed E-state index contributed by atoms with van der Waals surface area (Å²) in [5.74, 6) is 0.174. The molecule has 3 nitrogen and oxygen atoms in total. The molecule has 0 saturated heterocycles. The van der Waals surface area contributed by atoms with E-state index in [0.29, 0.717) is 11.3 Å². The minimum absolute atomic E-state index is 0.0387. The number of rotatable bonds is 2. The quantitative estimate of drug-likeness (QED) is 0.883. The van der Waals surface area contributed by atoms with Crippen molar-refractivity contribution < 1.29 is 9.50 Å². The van der Waals surface area contributed by atoms with Gasteiger partial charge < -0.3 is 10.1 Å². The van der Waals surface area contributed by atoms with Crippen LogP contribution in [0.3, 0.4) is 0 Å². The third-order valence-electron chi connectivity index (χ3n) is 4.08. The van der Waals surface area contributed by atoms with Crippen molar-refractivity contribution in [3.63, 3.8) is 0 Å². The van der Waals surface area contributed by atoms with Gasteiger partial charge in [0.05, 0.1) is 18.2 Å². The number of aromatic nitrogens is 1. The molecule has 0 radical (unpaired) electrons. The zero-order valence-corrected chi connectivity index (χ0v) is 11.7. The number of benzene rings is 1. The maximum atomic E-state index is 13.7. The van der Waals surface area contributed by atoms with E-state index in [1.165, 1.54) is 6.20 Å². The molecular weight excluding hydrogens is 255 g/mol. The summed E-state index contributed by atoms with van der Waals surface area (Å²) < 4.78 is 13.7. The Morgan fingerprint density at radius 1 is 1.45 bits per heavy atom. The molecule has 0 spiro atoms. The molecule has 1 aliphatic heterocycles. The van der Waals surface area contributed by atoms with Gasteiger partial charge in [-0.05, 0) is 24.6 Å². The van der Waals surface area contributed by atoms with Gasteiger partial charge in [0.2, 0.25) is 0 Å². The number of H-pyrrole nitrogens is 1. The fourth-order valence-corrected chi connectivity index (χ4v) is 3.16. The molecule has 20 heavy (non-hydrogen) atoms. The molecule has 2 aromatic rings. The highest BCUT2D eigenvalue weighted by Crippen LogP contribution is 2.33. The Morgan fingerprint density at radius 3 is 3.00 bits per heavy atom. The Labute approximate surface area is 117 Å². The topological polar surface area (TPSA) is 39.3 Å². The number of para-hydroxylation sites is 1. The normalized spacial score (nSPS) is 24.1. The van der Waals surface area contributed by atoms with E-state index in [1.807, 2.05) is 19.2 Å². The van der Waals surface area contributed by atoms with E-state index in [4.69, 9.17) is 0 Å². The van der Waals surface area contributed by atoms with Crippen molar-refractivity contribution in [2.45, 2.75) is 13.0 Å². The molecule has 0 aliphatic carbocycles. The van der Waals surface area contributed by atoms with Crippen LogP contribution in [0.4, 0.5) is 4.39 Å². The van der Waals surface area contributed by atoms with Crippen molar-refractivity contribution in [3.8, 4) is 0 Å². The number of aliphatic hydroxyl groups excluding tert-OH is 1. The number of halogens is 1. The summed E-state index contributed by atoms with van der Waals surface area (Å²) in [6, 6.07) is 5.58. The molecule has 1 aliphatic rings. The Morgan fingerprint density at radius 2 is 2.25 bits per heavy atom. The molecule has 4 heteroatoms. The lowest BCUT2D eigenvalue weighted by Crippen LogP contribution is -2.41. The largest absolute Gasteiger partial charge is 0.394 e. The van der Waals surface area contributed by atoms with Gasteiger partial charge in [-0.25, -0.2) is 4.39 Å². The lowest BCUT2D eigenvalue weighted by molar-refractivity contribution is 0.167. The number of aromatic amines is 1. The van der Waals surface area contributed by atoms with Crippen LogP contribution in [0.25, 0.3) is 16.5 Å². The molecule has 2 heterocycles. The first-order chi connectivity index (χ1) is 9.61. The zero-order chi connectivity index (χ0) is 14.3. The summed E-state index contributed by atoms with van der Waals surface area (Å²) in [5.41, 5.74) is 2.85. The molecule has 0 saturated carbocycles. The van der Waals surface area contributed by atoms with E-state index in [9.17, 15) is 9.50 Å². The molecule has 1 aromatic carbocycles. The standard InChI is InChI=1S/C16H19FN2O/c1-10-6-13(15(9-20)19(2)8-10)11-4-3-5-12-14(17)7-18-16(11)12/h3-7,10,15,18,20H,8-9H2,1-2H3/t10-,15-/m1/s1. The summed E-state index contributed by atoms with van der Waals surface area (Å²) in [4.78, 5) is 5.16. The molecule has 0 unspecified atom stereocenters. The molecule has 0 amide bonds. The van der Waals surface area contributed by atoms with Crippen molar-refractivity contribution >= 4 is 16.5 Å². The second kappa shape index (κ2) is 5.04. The highest BCUT2D eigenvalue weighted by Gasteiger charge is 2.27. The number of likely N-dealkylation sites (N-methyl/N-ethyl adjacent to an activating group) is 1. The third-order valence-corrected chi connectivity index (χ3v) is 4.08. The molecule has 0 bridgehead atoms. The van der Waals surface area contributed by atoms with Gasteiger partial charge in [-0.2, -0.15) is 0 Å². The molecule has 0 fully saturated rings. The number of nitrogens with zero attached hydrogens (tertiary/aromatic N) is 1. The van der Waals surface area contributed by atoms with Crippen LogP contribution in [0.1, 0.15) is 12.5 Å². The molecule has 1 aromatic heterocycles. The van der Waals surface area contributed by atoms with Crippen LogP contribution in [0.15, 0.2) is 30.5 Å². The molecular formula is C16H19FN2O. The maximum absolute atomic E-state index is 13.7. The molecule has 2 N–H and O–H groups in total. The highest BCUT2D eigenvalue weighted by molar-refractivity contribution is 5.93. The minimum Gasteiger partial charge on any atom is -0.394 e. The van der Waals surface area contributed by atoms with Gasteiger partial charge in [0.25, 0.3) is 0 Å². The van der Waals surface area contributed by atoms with Gasteiger partial charge in [-0.1, -0.05) is 25.1 Å². The van der Waals surface area contributed by atoms with Crippen LogP contribution < -0.4 is 0 Å². The zero-order valence-electron chi connectivity index (χ0n) is 11.7. The number of nitrogens with one attached hydrogen (secondary N) is 1. The van der Waals surface area contributed by atoms with E-state index >= 15 is 0 Å². The van der Waals surface area contributed by atoms with Crippen LogP contribution in [0, 0.1) is 11.7 Å². The van der Waals surface area contributed by atoms with Crippen molar-refractivity contribution in [1.82, 2.24) is 9.88 Å². The second-order valence-corrected chi connectivity index (χ2v) is 5.60. The Kier molecular flexibility index (Phi) is 3.36. The number of fused-ring (bicyclic) bond motifs is 1. The fourth-order valence-electron chi connectivity index (χ4n) is 3.16. The molecule has 2 atom stereocenters. The Bertz CT molecular complexity index is 662. The molecule has 3 rings (SSSR count). The van der Waals surface area contributed by atoms with Crippen molar-refractivity contribution in [3.05, 3.63) is 41.9 Å². The van der Waals surface area contributed by atoms with E-state index in [2.05, 4.69) is 22.9 Å². The van der Waals surface area contributed by atoms with Gasteiger partial charge in [-0.3, -0.25) is 4.90 Å². The summed E-state index contributed by atoms with van der Waals surface area (Å²) >= 11 is 0. The SMILES string of the molecule is C[C@@H]1C=C(c2cccc3c(F)c[nH]c23)[C@@H](CO)N(C)C1. The highest BCUT2D eigenvalue weighted by atomic mass is 19.1. The van der Waals surface area contributed by atoms with Gasteiger partial charge in [-0.15, -0.1) is 0 Å². The third kappa shape index (κ3) is 2.05. The van der Waals surface area contributed by atoms with Crippen LogP contribution in [0.5, 0.6) is 0 Å². The van der Waals surface area contributed by atoms with Crippen LogP contribution in [-0.4, -0.2) is 41.2 Å². The monoisotopic (exact) mass is 274 g/mol. The van der Waals surface area contributed by atoms with E-state index in [1.54, 1.807) is 6.07 Å². The number of hydrogen-bond donors (Lipinski definition) is 2. The summed E-state index contributed by atoms with van der Waals surface area (Å²) in [7, 11) is 2.01. The maximum Gasteiger partial charge on any atom is 0.148 e. The second-order valence-electron chi connectivity index (χ2n) is 5.60. The van der Waals surface area contributed by atoms with Gasteiger partial charge >= 0.3 is 0 Å². The lowest BCUT2D eigenvalue weighted by atomic mass is 9.89. The Hall–Kier alpha value is -1.65.